The molecule has 0 aliphatic heterocycles. The maximum absolute atomic E-state index is 12.4. The van der Waals surface area contributed by atoms with Crippen LogP contribution in [0, 0.1) is 0 Å². The minimum absolute atomic E-state index is 0.0508. The highest BCUT2D eigenvalue weighted by atomic mass is 32.2. The van der Waals surface area contributed by atoms with Crippen molar-refractivity contribution in [1.29, 1.82) is 0 Å². The van der Waals surface area contributed by atoms with Crippen molar-refractivity contribution in [3.8, 4) is 0 Å². The first-order valence-electron chi connectivity index (χ1n) is 6.20. The summed E-state index contributed by atoms with van der Waals surface area (Å²) in [4.78, 5) is 22.6. The van der Waals surface area contributed by atoms with Gasteiger partial charge < -0.3 is 10.4 Å². The zero-order chi connectivity index (χ0) is 14.9. The average Bonchev–Trinajstić information content (AvgIpc) is 3.21. The van der Waals surface area contributed by atoms with E-state index in [0.29, 0.717) is 0 Å². The number of carboxylic acid groups (broad SMARTS) is 1. The summed E-state index contributed by atoms with van der Waals surface area (Å²) in [5.74, 6) is -1.92. The largest absolute Gasteiger partial charge is 0.478 e. The van der Waals surface area contributed by atoms with Gasteiger partial charge in [0.2, 0.25) is 5.91 Å². The highest BCUT2D eigenvalue weighted by Gasteiger charge is 2.35. The summed E-state index contributed by atoms with van der Waals surface area (Å²) in [6.07, 6.45) is 1.70. The van der Waals surface area contributed by atoms with Crippen molar-refractivity contribution in [3.05, 3.63) is 29.8 Å². The predicted molar refractivity (Wildman–Crippen MR) is 71.2 cm³/mol. The molecular weight excluding hydrogens is 282 g/mol. The number of nitrogens with one attached hydrogen (secondary N) is 1. The molecule has 0 spiro atoms. The van der Waals surface area contributed by atoms with Crippen LogP contribution in [0.25, 0.3) is 0 Å². The van der Waals surface area contributed by atoms with Crippen LogP contribution in [0.4, 0.5) is 0 Å². The third-order valence-corrected chi connectivity index (χ3v) is 5.30. The van der Waals surface area contributed by atoms with Crippen LogP contribution < -0.4 is 5.32 Å². The molecule has 0 saturated heterocycles. The lowest BCUT2D eigenvalue weighted by Crippen LogP contribution is -2.39. The number of carbonyl (C=O) groups is 2. The highest BCUT2D eigenvalue weighted by Crippen LogP contribution is 2.23. The van der Waals surface area contributed by atoms with Crippen LogP contribution in [-0.2, 0) is 14.6 Å². The molecule has 0 bridgehead atoms. The number of hydrogen-bond acceptors (Lipinski definition) is 4. The Morgan fingerprint density at radius 1 is 1.30 bits per heavy atom. The molecule has 1 aliphatic carbocycles. The lowest BCUT2D eigenvalue weighted by atomic mass is 10.2. The lowest BCUT2D eigenvalue weighted by molar-refractivity contribution is -0.120. The Kier molecular flexibility index (Phi) is 3.80. The minimum atomic E-state index is -4.02. The molecule has 108 valence electrons. The molecule has 1 amide bonds. The third-order valence-electron chi connectivity index (χ3n) is 3.18. The second-order valence-electron chi connectivity index (χ2n) is 4.77. The van der Waals surface area contributed by atoms with Crippen molar-refractivity contribution in [3.63, 3.8) is 0 Å². The van der Waals surface area contributed by atoms with Gasteiger partial charge in [-0.05, 0) is 31.9 Å². The average molecular weight is 297 g/mol. The number of benzene rings is 1. The number of carboxylic acids is 1. The Hall–Kier alpha value is -1.89. The standard InChI is InChI=1S/C13H15NO5S/c1-8(12(15)14-9-6-7-9)20(18,19)11-5-3-2-4-10(11)13(16)17/h2-5,8-9H,6-7H2,1H3,(H,14,15)(H,16,17). The van der Waals surface area contributed by atoms with Gasteiger partial charge in [0.05, 0.1) is 10.5 Å². The zero-order valence-electron chi connectivity index (χ0n) is 10.9. The van der Waals surface area contributed by atoms with E-state index in [1.807, 2.05) is 0 Å². The van der Waals surface area contributed by atoms with Crippen LogP contribution in [-0.4, -0.2) is 36.7 Å². The maximum atomic E-state index is 12.4. The van der Waals surface area contributed by atoms with Gasteiger partial charge in [-0.2, -0.15) is 0 Å². The first kappa shape index (κ1) is 14.5. The van der Waals surface area contributed by atoms with Crippen LogP contribution in [0.15, 0.2) is 29.2 Å². The van der Waals surface area contributed by atoms with Crippen LogP contribution in [0.2, 0.25) is 0 Å². The van der Waals surface area contributed by atoms with E-state index in [1.165, 1.54) is 31.2 Å². The van der Waals surface area contributed by atoms with Gasteiger partial charge in [-0.25, -0.2) is 13.2 Å². The Balaban J connectivity index is 2.34. The van der Waals surface area contributed by atoms with Gasteiger partial charge in [0.25, 0.3) is 0 Å². The molecule has 1 saturated carbocycles. The molecule has 6 nitrogen and oxygen atoms in total. The summed E-state index contributed by atoms with van der Waals surface area (Å²) >= 11 is 0. The first-order chi connectivity index (χ1) is 9.34. The summed E-state index contributed by atoms with van der Waals surface area (Å²) in [6.45, 7) is 1.27. The number of carbonyl (C=O) groups excluding carboxylic acids is 1. The fourth-order valence-corrected chi connectivity index (χ4v) is 3.23. The smallest absolute Gasteiger partial charge is 0.337 e. The van der Waals surface area contributed by atoms with Crippen LogP contribution in [0.1, 0.15) is 30.1 Å². The maximum Gasteiger partial charge on any atom is 0.337 e. The third kappa shape index (κ3) is 2.82. The van der Waals surface area contributed by atoms with Gasteiger partial charge in [-0.3, -0.25) is 4.79 Å². The summed E-state index contributed by atoms with van der Waals surface area (Å²) in [6, 6.07) is 5.35. The Bertz CT molecular complexity index is 648. The van der Waals surface area contributed by atoms with E-state index in [-0.39, 0.29) is 16.5 Å². The predicted octanol–water partition coefficient (Wildman–Crippen LogP) is 0.826. The van der Waals surface area contributed by atoms with E-state index in [2.05, 4.69) is 5.32 Å². The molecule has 1 unspecified atom stereocenters. The van der Waals surface area contributed by atoms with E-state index >= 15 is 0 Å². The second-order valence-corrected chi connectivity index (χ2v) is 7.01. The van der Waals surface area contributed by atoms with Crippen molar-refractivity contribution in [1.82, 2.24) is 5.32 Å². The SMILES string of the molecule is CC(C(=O)NC1CC1)S(=O)(=O)c1ccccc1C(=O)O. The Morgan fingerprint density at radius 3 is 2.45 bits per heavy atom. The summed E-state index contributed by atoms with van der Waals surface area (Å²) in [5, 5.41) is 10.3. The molecule has 2 rings (SSSR count). The Labute approximate surface area is 116 Å². The molecule has 0 radical (unpaired) electrons. The van der Waals surface area contributed by atoms with E-state index in [9.17, 15) is 18.0 Å². The van der Waals surface area contributed by atoms with Gasteiger partial charge in [0.15, 0.2) is 9.84 Å². The monoisotopic (exact) mass is 297 g/mol. The van der Waals surface area contributed by atoms with Crippen molar-refractivity contribution in [2.75, 3.05) is 0 Å². The highest BCUT2D eigenvalue weighted by molar-refractivity contribution is 7.92. The number of rotatable bonds is 5. The molecule has 7 heteroatoms. The van der Waals surface area contributed by atoms with Gasteiger partial charge in [0, 0.05) is 6.04 Å². The fraction of sp³-hybridized carbons (Fsp3) is 0.385. The molecule has 1 fully saturated rings. The lowest BCUT2D eigenvalue weighted by Gasteiger charge is -2.14. The quantitative estimate of drug-likeness (QED) is 0.838. The van der Waals surface area contributed by atoms with Crippen molar-refractivity contribution in [2.45, 2.75) is 36.0 Å². The first-order valence-corrected chi connectivity index (χ1v) is 7.75. The second kappa shape index (κ2) is 5.24. The van der Waals surface area contributed by atoms with Crippen molar-refractivity contribution < 1.29 is 23.1 Å². The molecule has 1 atom stereocenters. The van der Waals surface area contributed by atoms with Gasteiger partial charge >= 0.3 is 5.97 Å². The molecule has 0 heterocycles. The summed E-state index contributed by atoms with van der Waals surface area (Å²) in [7, 11) is -4.02. The van der Waals surface area contributed by atoms with Gasteiger partial charge in [-0.15, -0.1) is 0 Å². The fourth-order valence-electron chi connectivity index (χ4n) is 1.77. The number of hydrogen-bond donors (Lipinski definition) is 2. The van der Waals surface area contributed by atoms with Crippen LogP contribution in [0.5, 0.6) is 0 Å². The van der Waals surface area contributed by atoms with Gasteiger partial charge in [0.1, 0.15) is 5.25 Å². The molecule has 2 N–H and O–H groups in total. The molecule has 20 heavy (non-hydrogen) atoms. The van der Waals surface area contributed by atoms with E-state index in [0.717, 1.165) is 12.8 Å². The number of sulfone groups is 1. The van der Waals surface area contributed by atoms with E-state index < -0.39 is 27.0 Å². The normalized spacial score (nSPS) is 16.4. The van der Waals surface area contributed by atoms with Gasteiger partial charge in [-0.1, -0.05) is 12.1 Å². The minimum Gasteiger partial charge on any atom is -0.478 e. The summed E-state index contributed by atoms with van der Waals surface area (Å²) in [5.41, 5.74) is -0.321. The zero-order valence-corrected chi connectivity index (χ0v) is 11.7. The van der Waals surface area contributed by atoms with Crippen LogP contribution in [0.3, 0.4) is 0 Å². The molecular formula is C13H15NO5S. The molecule has 1 aromatic rings. The van der Waals surface area contributed by atoms with Crippen LogP contribution >= 0.6 is 0 Å². The topological polar surface area (TPSA) is 101 Å². The molecule has 0 aromatic heterocycles. The molecule has 1 aliphatic rings. The van der Waals surface area contributed by atoms with E-state index in [4.69, 9.17) is 5.11 Å². The summed E-state index contributed by atoms with van der Waals surface area (Å²) < 4.78 is 24.8. The van der Waals surface area contributed by atoms with E-state index in [1.54, 1.807) is 0 Å². The number of amides is 1. The number of aromatic carboxylic acids is 1. The Morgan fingerprint density at radius 2 is 1.90 bits per heavy atom. The van der Waals surface area contributed by atoms with Crippen molar-refractivity contribution in [2.24, 2.45) is 0 Å². The molecule has 1 aromatic carbocycles. The van der Waals surface area contributed by atoms with Crippen molar-refractivity contribution >= 4 is 21.7 Å².